The number of nitrogens with one attached hydrogen (secondary N) is 1. The van der Waals surface area contributed by atoms with Crippen LogP contribution in [0, 0.1) is 0 Å². The summed E-state index contributed by atoms with van der Waals surface area (Å²) in [7, 11) is 0. The Morgan fingerprint density at radius 1 is 1.19 bits per heavy atom. The van der Waals surface area contributed by atoms with Crippen molar-refractivity contribution in [3.63, 3.8) is 0 Å². The van der Waals surface area contributed by atoms with E-state index in [0.29, 0.717) is 9.90 Å². The number of halogens is 3. The average molecular weight is 365 g/mol. The van der Waals surface area contributed by atoms with Gasteiger partial charge in [-0.2, -0.15) is 0 Å². The van der Waals surface area contributed by atoms with Gasteiger partial charge in [-0.1, -0.05) is 40.9 Å². The summed E-state index contributed by atoms with van der Waals surface area (Å²) < 4.78 is 4.87. The fourth-order valence-electron chi connectivity index (χ4n) is 1.43. The maximum Gasteiger partial charge on any atom is 0.348 e. The van der Waals surface area contributed by atoms with E-state index in [1.165, 1.54) is 23.5 Å². The number of ether oxygens (including phenoxy) is 1. The largest absolute Gasteiger partial charge is 0.451 e. The number of carbonyl (C=O) groups excluding carboxylic acids is 2. The molecule has 0 saturated carbocycles. The molecule has 1 N–H and O–H groups in total. The number of hydrogen-bond donors (Lipinski definition) is 1. The van der Waals surface area contributed by atoms with Crippen LogP contribution in [0.5, 0.6) is 0 Å². The summed E-state index contributed by atoms with van der Waals surface area (Å²) in [5.74, 6) is -1.11. The van der Waals surface area contributed by atoms with Gasteiger partial charge in [0, 0.05) is 5.02 Å². The first-order chi connectivity index (χ1) is 9.97. The summed E-state index contributed by atoms with van der Waals surface area (Å²) >= 11 is 18.9. The predicted octanol–water partition coefficient (Wildman–Crippen LogP) is 4.50. The minimum atomic E-state index is -0.562. The van der Waals surface area contributed by atoms with Gasteiger partial charge in [-0.3, -0.25) is 4.79 Å². The Balaban J connectivity index is 1.95. The molecular weight excluding hydrogens is 357 g/mol. The molecule has 0 aliphatic carbocycles. The highest BCUT2D eigenvalue weighted by molar-refractivity contribution is 7.11. The average Bonchev–Trinajstić information content (AvgIpc) is 2.94. The van der Waals surface area contributed by atoms with E-state index in [0.717, 1.165) is 0 Å². The van der Waals surface area contributed by atoms with E-state index in [1.54, 1.807) is 17.5 Å². The molecule has 0 atom stereocenters. The van der Waals surface area contributed by atoms with Crippen molar-refractivity contribution in [3.8, 4) is 0 Å². The van der Waals surface area contributed by atoms with Crippen LogP contribution < -0.4 is 5.32 Å². The highest BCUT2D eigenvalue weighted by Crippen LogP contribution is 2.33. The van der Waals surface area contributed by atoms with Crippen LogP contribution in [0.4, 0.5) is 5.69 Å². The second kappa shape index (κ2) is 7.13. The number of rotatable bonds is 4. The van der Waals surface area contributed by atoms with Crippen molar-refractivity contribution >= 4 is 63.7 Å². The van der Waals surface area contributed by atoms with Gasteiger partial charge in [-0.05, 0) is 23.6 Å². The summed E-state index contributed by atoms with van der Waals surface area (Å²) in [5, 5.41) is 4.96. The number of carbonyl (C=O) groups is 2. The summed E-state index contributed by atoms with van der Waals surface area (Å²) in [4.78, 5) is 23.7. The van der Waals surface area contributed by atoms with Crippen LogP contribution in [-0.2, 0) is 9.53 Å². The molecule has 0 bridgehead atoms. The number of thiophene rings is 1. The Hall–Kier alpha value is -1.27. The normalized spacial score (nSPS) is 10.2. The van der Waals surface area contributed by atoms with Gasteiger partial charge >= 0.3 is 5.97 Å². The van der Waals surface area contributed by atoms with Crippen molar-refractivity contribution in [3.05, 3.63) is 49.6 Å². The molecular formula is C13H8Cl3NO3S. The molecule has 0 spiro atoms. The van der Waals surface area contributed by atoms with E-state index in [-0.39, 0.29) is 15.7 Å². The molecule has 4 nitrogen and oxygen atoms in total. The van der Waals surface area contributed by atoms with Crippen molar-refractivity contribution in [2.45, 2.75) is 0 Å². The fraction of sp³-hybridized carbons (Fsp3) is 0.0769. The predicted molar refractivity (Wildman–Crippen MR) is 84.7 cm³/mol. The number of esters is 1. The monoisotopic (exact) mass is 363 g/mol. The Morgan fingerprint density at radius 3 is 2.43 bits per heavy atom. The lowest BCUT2D eigenvalue weighted by atomic mass is 10.3. The number of amides is 1. The SMILES string of the molecule is O=C(COC(=O)c1cccs1)Nc1c(Cl)cc(Cl)cc1Cl. The van der Waals surface area contributed by atoms with Crippen molar-refractivity contribution in [1.82, 2.24) is 0 Å². The number of benzene rings is 1. The van der Waals surface area contributed by atoms with Crippen molar-refractivity contribution < 1.29 is 14.3 Å². The minimum absolute atomic E-state index is 0.199. The molecule has 8 heteroatoms. The van der Waals surface area contributed by atoms with Gasteiger partial charge in [-0.25, -0.2) is 4.79 Å². The molecule has 0 unspecified atom stereocenters. The summed E-state index contributed by atoms with van der Waals surface area (Å²) in [6, 6.07) is 6.22. The standard InChI is InChI=1S/C13H8Cl3NO3S/c14-7-4-8(15)12(9(16)5-7)17-11(18)6-20-13(19)10-2-1-3-21-10/h1-5H,6H2,(H,17,18). The van der Waals surface area contributed by atoms with Gasteiger partial charge in [0.05, 0.1) is 15.7 Å². The summed E-state index contributed by atoms with van der Waals surface area (Å²) in [6.07, 6.45) is 0. The van der Waals surface area contributed by atoms with Crippen LogP contribution in [0.3, 0.4) is 0 Å². The van der Waals surface area contributed by atoms with Crippen molar-refractivity contribution in [2.75, 3.05) is 11.9 Å². The van der Waals surface area contributed by atoms with E-state index < -0.39 is 18.5 Å². The van der Waals surface area contributed by atoms with Crippen LogP contribution in [-0.4, -0.2) is 18.5 Å². The third-order valence-corrected chi connectivity index (χ3v) is 3.99. The zero-order valence-electron chi connectivity index (χ0n) is 10.4. The zero-order valence-corrected chi connectivity index (χ0v) is 13.4. The minimum Gasteiger partial charge on any atom is -0.451 e. The molecule has 1 amide bonds. The second-order valence-corrected chi connectivity index (χ2v) is 6.04. The van der Waals surface area contributed by atoms with Gasteiger partial charge in [0.1, 0.15) is 4.88 Å². The molecule has 2 aromatic rings. The topological polar surface area (TPSA) is 55.4 Å². The molecule has 1 heterocycles. The van der Waals surface area contributed by atoms with Crippen LogP contribution >= 0.6 is 46.1 Å². The summed E-state index contributed by atoms with van der Waals surface area (Å²) in [5.41, 5.74) is 0.222. The Morgan fingerprint density at radius 2 is 1.86 bits per heavy atom. The molecule has 0 aliphatic rings. The summed E-state index contributed by atoms with van der Waals surface area (Å²) in [6.45, 7) is -0.438. The molecule has 110 valence electrons. The lowest BCUT2D eigenvalue weighted by Crippen LogP contribution is -2.21. The molecule has 21 heavy (non-hydrogen) atoms. The van der Waals surface area contributed by atoms with Crippen LogP contribution in [0.2, 0.25) is 15.1 Å². The molecule has 1 aromatic carbocycles. The highest BCUT2D eigenvalue weighted by atomic mass is 35.5. The molecule has 0 fully saturated rings. The van der Waals surface area contributed by atoms with Gasteiger partial charge < -0.3 is 10.1 Å². The first-order valence-corrected chi connectivity index (χ1v) is 7.63. The van der Waals surface area contributed by atoms with Crippen molar-refractivity contribution in [2.24, 2.45) is 0 Å². The van der Waals surface area contributed by atoms with Gasteiger partial charge in [0.25, 0.3) is 5.91 Å². The van der Waals surface area contributed by atoms with Crippen LogP contribution in [0.1, 0.15) is 9.67 Å². The van der Waals surface area contributed by atoms with Gasteiger partial charge in [-0.15, -0.1) is 11.3 Å². The number of hydrogen-bond acceptors (Lipinski definition) is 4. The highest BCUT2D eigenvalue weighted by Gasteiger charge is 2.14. The van der Waals surface area contributed by atoms with Crippen molar-refractivity contribution in [1.29, 1.82) is 0 Å². The molecule has 1 aromatic heterocycles. The Labute approximate surface area is 139 Å². The van der Waals surface area contributed by atoms with Gasteiger partial charge in [0.2, 0.25) is 0 Å². The Bertz CT molecular complexity index is 650. The third kappa shape index (κ3) is 4.35. The number of anilines is 1. The van der Waals surface area contributed by atoms with Crippen LogP contribution in [0.15, 0.2) is 29.6 Å². The van der Waals surface area contributed by atoms with E-state index in [9.17, 15) is 9.59 Å². The van der Waals surface area contributed by atoms with E-state index in [4.69, 9.17) is 39.5 Å². The first kappa shape index (κ1) is 16.1. The van der Waals surface area contributed by atoms with E-state index in [1.807, 2.05) is 0 Å². The molecule has 2 rings (SSSR count). The molecule has 0 radical (unpaired) electrons. The lowest BCUT2D eigenvalue weighted by Gasteiger charge is -2.10. The van der Waals surface area contributed by atoms with Crippen LogP contribution in [0.25, 0.3) is 0 Å². The Kier molecular flexibility index (Phi) is 5.47. The first-order valence-electron chi connectivity index (χ1n) is 5.62. The molecule has 0 saturated heterocycles. The smallest absolute Gasteiger partial charge is 0.348 e. The van der Waals surface area contributed by atoms with Gasteiger partial charge in [0.15, 0.2) is 6.61 Å². The maximum absolute atomic E-state index is 11.7. The fourth-order valence-corrected chi connectivity index (χ4v) is 2.96. The van der Waals surface area contributed by atoms with E-state index in [2.05, 4.69) is 5.32 Å². The second-order valence-electron chi connectivity index (χ2n) is 3.85. The van der Waals surface area contributed by atoms with E-state index >= 15 is 0 Å². The maximum atomic E-state index is 11.7. The zero-order chi connectivity index (χ0) is 15.4. The quantitative estimate of drug-likeness (QED) is 0.812. The molecule has 0 aliphatic heterocycles. The third-order valence-electron chi connectivity index (χ3n) is 2.33. The lowest BCUT2D eigenvalue weighted by molar-refractivity contribution is -0.119.